The predicted molar refractivity (Wildman–Crippen MR) is 260 cm³/mol. The molecule has 0 amide bonds. The van der Waals surface area contributed by atoms with Gasteiger partial charge >= 0.3 is 0 Å². The van der Waals surface area contributed by atoms with Gasteiger partial charge in [0.15, 0.2) is 0 Å². The van der Waals surface area contributed by atoms with E-state index in [1.54, 1.807) is 0 Å². The zero-order chi connectivity index (χ0) is 41.2. The monoisotopic (exact) mass is 792 g/mol. The first kappa shape index (κ1) is 36.9. The first-order chi connectivity index (χ1) is 28.9. The largest absolute Gasteiger partial charge is 0.331 e. The van der Waals surface area contributed by atoms with Crippen molar-refractivity contribution < 1.29 is 0 Å². The number of allylic oxidation sites excluding steroid dienone is 2. The molecule has 294 valence electrons. The molecule has 3 heteroatoms. The van der Waals surface area contributed by atoms with Gasteiger partial charge in [-0.25, -0.2) is 0 Å². The highest BCUT2D eigenvalue weighted by atomic mass is 28.3. The third kappa shape index (κ3) is 5.31. The lowest BCUT2D eigenvalue weighted by molar-refractivity contribution is 0.489. The highest BCUT2D eigenvalue weighted by Gasteiger charge is 2.47. The standard InChI is InChI=1S/C57H52N2Si/c1-55(2)45-16-8-10-18-49(45)59(50-19-11-9-17-46(50)55)57(5)33-32-44-43-31-27-39(35-47(43)56(3,4)48(44)37-57)25-24-38-26-28-41-36-42(30-29-40(41)34-38)58-51-20-12-14-22-53(51)60(6,7)54-23-15-13-21-52(54)58/h8-36H,37H2,1-7H3. The molecule has 4 aliphatic rings. The molecule has 2 aliphatic heterocycles. The van der Waals surface area contributed by atoms with E-state index in [0.29, 0.717) is 0 Å². The number of fused-ring (bicyclic) bond motifs is 7. The van der Waals surface area contributed by atoms with Gasteiger partial charge in [0, 0.05) is 39.3 Å². The summed E-state index contributed by atoms with van der Waals surface area (Å²) in [5.41, 5.74) is 17.0. The Morgan fingerprint density at radius 1 is 0.517 bits per heavy atom. The van der Waals surface area contributed by atoms with Crippen LogP contribution in [0.4, 0.5) is 28.4 Å². The highest BCUT2D eigenvalue weighted by Crippen LogP contribution is 2.57. The van der Waals surface area contributed by atoms with Gasteiger partial charge in [0.05, 0.1) is 5.54 Å². The van der Waals surface area contributed by atoms with Crippen LogP contribution < -0.4 is 20.2 Å². The lowest BCUT2D eigenvalue weighted by Gasteiger charge is -2.51. The summed E-state index contributed by atoms with van der Waals surface area (Å²) in [7, 11) is -1.82. The van der Waals surface area contributed by atoms with Crippen molar-refractivity contribution in [2.75, 3.05) is 9.80 Å². The van der Waals surface area contributed by atoms with Gasteiger partial charge in [0.25, 0.3) is 0 Å². The van der Waals surface area contributed by atoms with Gasteiger partial charge in [0.2, 0.25) is 0 Å². The van der Waals surface area contributed by atoms with Crippen molar-refractivity contribution in [3.8, 4) is 0 Å². The van der Waals surface area contributed by atoms with Gasteiger partial charge in [-0.05, 0) is 121 Å². The third-order valence-electron chi connectivity index (χ3n) is 14.6. The van der Waals surface area contributed by atoms with E-state index in [1.807, 2.05) is 0 Å². The average molecular weight is 793 g/mol. The Kier molecular flexibility index (Phi) is 7.94. The molecule has 0 aromatic heterocycles. The SMILES string of the molecule is CC1(C)C2=C(C=CC(C)(N3c4ccccc4C(C)(C)c4ccccc43)C2)c2ccc(C=Cc3ccc4cc(N5c6ccccc6[Si](C)(C)c6ccccc65)ccc4c3)cc21. The Hall–Kier alpha value is -6.16. The van der Waals surface area contributed by atoms with E-state index in [4.69, 9.17) is 0 Å². The quantitative estimate of drug-likeness (QED) is 0.129. The molecule has 7 aromatic rings. The van der Waals surface area contributed by atoms with E-state index in [2.05, 4.69) is 233 Å². The van der Waals surface area contributed by atoms with E-state index in [0.717, 1.165) is 6.42 Å². The third-order valence-corrected chi connectivity index (χ3v) is 18.1. The summed E-state index contributed by atoms with van der Waals surface area (Å²) in [4.78, 5) is 5.11. The lowest BCUT2D eigenvalue weighted by atomic mass is 9.70. The van der Waals surface area contributed by atoms with Crippen LogP contribution in [0.25, 0.3) is 28.5 Å². The first-order valence-electron chi connectivity index (χ1n) is 21.6. The van der Waals surface area contributed by atoms with E-state index in [1.165, 1.54) is 94.1 Å². The zero-order valence-corrected chi connectivity index (χ0v) is 36.8. The van der Waals surface area contributed by atoms with Crippen molar-refractivity contribution in [2.24, 2.45) is 0 Å². The molecule has 2 nitrogen and oxygen atoms in total. The van der Waals surface area contributed by atoms with Crippen LogP contribution >= 0.6 is 0 Å². The Labute approximate surface area is 356 Å². The van der Waals surface area contributed by atoms with Crippen LogP contribution in [0.3, 0.4) is 0 Å². The number of nitrogens with zero attached hydrogens (tertiary/aromatic N) is 2. The minimum Gasteiger partial charge on any atom is -0.331 e. The fraction of sp³-hybridized carbons (Fsp3) is 0.193. The van der Waals surface area contributed by atoms with Crippen LogP contribution in [0.15, 0.2) is 169 Å². The maximum absolute atomic E-state index is 2.63. The predicted octanol–water partition coefficient (Wildman–Crippen LogP) is 13.9. The van der Waals surface area contributed by atoms with Crippen molar-refractivity contribution in [3.63, 3.8) is 0 Å². The van der Waals surface area contributed by atoms with E-state index >= 15 is 0 Å². The molecular formula is C57H52N2Si. The fourth-order valence-electron chi connectivity index (χ4n) is 11.3. The molecule has 0 radical (unpaired) electrons. The Balaban J connectivity index is 0.874. The minimum atomic E-state index is -1.82. The molecule has 60 heavy (non-hydrogen) atoms. The Morgan fingerprint density at radius 2 is 1.05 bits per heavy atom. The van der Waals surface area contributed by atoms with Gasteiger partial charge in [-0.15, -0.1) is 0 Å². The van der Waals surface area contributed by atoms with Gasteiger partial charge in [-0.1, -0.05) is 174 Å². The van der Waals surface area contributed by atoms with Gasteiger partial charge in [0.1, 0.15) is 8.07 Å². The summed E-state index contributed by atoms with van der Waals surface area (Å²) in [6.07, 6.45) is 10.4. The molecule has 0 N–H and O–H groups in total. The topological polar surface area (TPSA) is 6.48 Å². The van der Waals surface area contributed by atoms with E-state index in [9.17, 15) is 0 Å². The van der Waals surface area contributed by atoms with Crippen LogP contribution in [0, 0.1) is 0 Å². The van der Waals surface area contributed by atoms with E-state index < -0.39 is 8.07 Å². The van der Waals surface area contributed by atoms with Gasteiger partial charge in [-0.3, -0.25) is 0 Å². The van der Waals surface area contributed by atoms with Crippen LogP contribution in [0.2, 0.25) is 13.1 Å². The van der Waals surface area contributed by atoms with Crippen molar-refractivity contribution in [1.29, 1.82) is 0 Å². The molecule has 0 saturated heterocycles. The highest BCUT2D eigenvalue weighted by molar-refractivity contribution is 7.02. The fourth-order valence-corrected chi connectivity index (χ4v) is 14.3. The summed E-state index contributed by atoms with van der Waals surface area (Å²) in [6.45, 7) is 17.0. The molecule has 0 fully saturated rings. The maximum atomic E-state index is 2.63. The number of anilines is 5. The molecule has 1 atom stereocenters. The van der Waals surface area contributed by atoms with Crippen LogP contribution in [-0.2, 0) is 10.8 Å². The van der Waals surface area contributed by atoms with Crippen molar-refractivity contribution >= 4 is 75.4 Å². The molecule has 0 bridgehead atoms. The Morgan fingerprint density at radius 3 is 1.70 bits per heavy atom. The number of hydrogen-bond acceptors (Lipinski definition) is 2. The number of benzene rings is 7. The van der Waals surface area contributed by atoms with E-state index in [-0.39, 0.29) is 16.4 Å². The second-order valence-corrected chi connectivity index (χ2v) is 23.6. The summed E-state index contributed by atoms with van der Waals surface area (Å²) < 4.78 is 0. The number of rotatable bonds is 4. The smallest absolute Gasteiger partial charge is 0.117 e. The molecule has 11 rings (SSSR count). The molecule has 2 heterocycles. The van der Waals surface area contributed by atoms with Gasteiger partial charge < -0.3 is 9.80 Å². The van der Waals surface area contributed by atoms with Crippen molar-refractivity contribution in [2.45, 2.75) is 70.5 Å². The molecule has 7 aromatic carbocycles. The average Bonchev–Trinajstić information content (AvgIpc) is 3.47. The minimum absolute atomic E-state index is 0.0706. The van der Waals surface area contributed by atoms with Crippen LogP contribution in [0.1, 0.15) is 74.4 Å². The lowest BCUT2D eigenvalue weighted by Crippen LogP contribution is -2.58. The normalized spacial score (nSPS) is 20.1. The van der Waals surface area contributed by atoms with Gasteiger partial charge in [-0.2, -0.15) is 0 Å². The molecule has 2 aliphatic carbocycles. The number of hydrogen-bond donors (Lipinski definition) is 0. The zero-order valence-electron chi connectivity index (χ0n) is 35.8. The summed E-state index contributed by atoms with van der Waals surface area (Å²) in [5, 5.41) is 5.48. The number of para-hydroxylation sites is 4. The molecular weight excluding hydrogens is 741 g/mol. The van der Waals surface area contributed by atoms with Crippen molar-refractivity contribution in [3.05, 3.63) is 203 Å². The van der Waals surface area contributed by atoms with Crippen LogP contribution in [-0.4, -0.2) is 13.6 Å². The Bertz CT molecular complexity index is 2930. The summed E-state index contributed by atoms with van der Waals surface area (Å²) in [6, 6.07) is 57.1. The molecule has 1 unspecified atom stereocenters. The maximum Gasteiger partial charge on any atom is 0.117 e. The van der Waals surface area contributed by atoms with Crippen LogP contribution in [0.5, 0.6) is 0 Å². The molecule has 0 spiro atoms. The first-order valence-corrected chi connectivity index (χ1v) is 24.6. The second kappa shape index (κ2) is 12.9. The summed E-state index contributed by atoms with van der Waals surface area (Å²) >= 11 is 0. The summed E-state index contributed by atoms with van der Waals surface area (Å²) in [5.74, 6) is 0. The second-order valence-electron chi connectivity index (χ2n) is 19.3. The molecule has 0 saturated carbocycles. The van der Waals surface area contributed by atoms with Crippen molar-refractivity contribution in [1.82, 2.24) is 0 Å².